The number of nitrogen functional groups attached to an aromatic ring is 2. The second kappa shape index (κ2) is 10.2. The largest absolute Gasteiger partial charge is 0.488 e. The molecule has 7 heteroatoms. The van der Waals surface area contributed by atoms with Gasteiger partial charge < -0.3 is 16.2 Å². The molecule has 0 aliphatic heterocycles. The standard InChI is InChI=1S/C17H15BrClN3O.C6H7N/c1-22-17(15(18)9-21-22)14-8-13(20)6-7-16(14)23-10-11-2-4-12(19)5-3-11;7-6-4-2-1-3-5-6/h2-9H,10,20H2,1H3;1-5H,7H2. The highest BCUT2D eigenvalue weighted by Gasteiger charge is 2.15. The van der Waals surface area contributed by atoms with Gasteiger partial charge in [-0.15, -0.1) is 0 Å². The summed E-state index contributed by atoms with van der Waals surface area (Å²) in [6, 6.07) is 22.7. The van der Waals surface area contributed by atoms with E-state index in [9.17, 15) is 0 Å². The van der Waals surface area contributed by atoms with Gasteiger partial charge in [-0.1, -0.05) is 41.9 Å². The molecule has 0 saturated heterocycles. The van der Waals surface area contributed by atoms with Crippen molar-refractivity contribution in [1.29, 1.82) is 0 Å². The number of ether oxygens (including phenoxy) is 1. The zero-order chi connectivity index (χ0) is 21.5. The lowest BCUT2D eigenvalue weighted by molar-refractivity contribution is 0.307. The van der Waals surface area contributed by atoms with Crippen LogP contribution in [0.25, 0.3) is 11.3 Å². The molecule has 3 aromatic carbocycles. The van der Waals surface area contributed by atoms with Crippen LogP contribution in [-0.2, 0) is 13.7 Å². The molecule has 154 valence electrons. The molecular formula is C23H22BrClN4O. The molecule has 0 unspecified atom stereocenters. The molecular weight excluding hydrogens is 464 g/mol. The number of anilines is 2. The van der Waals surface area contributed by atoms with Crippen LogP contribution in [0.1, 0.15) is 5.56 Å². The number of halogens is 2. The Morgan fingerprint density at radius 2 is 1.67 bits per heavy atom. The average molecular weight is 486 g/mol. The predicted octanol–water partition coefficient (Wildman–Crippen LogP) is 5.93. The quantitative estimate of drug-likeness (QED) is 0.351. The third-order valence-corrected chi connectivity index (χ3v) is 5.09. The molecule has 0 bridgehead atoms. The summed E-state index contributed by atoms with van der Waals surface area (Å²) in [7, 11) is 1.88. The summed E-state index contributed by atoms with van der Waals surface area (Å²) in [6.07, 6.45) is 1.75. The Morgan fingerprint density at radius 1 is 0.967 bits per heavy atom. The Bertz CT molecular complexity index is 1080. The SMILES string of the molecule is Cn1ncc(Br)c1-c1cc(N)ccc1OCc1ccc(Cl)cc1.Nc1ccccc1. The van der Waals surface area contributed by atoms with Crippen molar-refractivity contribution in [3.8, 4) is 17.0 Å². The van der Waals surface area contributed by atoms with Crippen LogP contribution in [0.4, 0.5) is 11.4 Å². The van der Waals surface area contributed by atoms with Crippen molar-refractivity contribution in [3.63, 3.8) is 0 Å². The number of benzene rings is 3. The normalized spacial score (nSPS) is 10.2. The van der Waals surface area contributed by atoms with Crippen molar-refractivity contribution in [3.05, 3.63) is 94.1 Å². The zero-order valence-electron chi connectivity index (χ0n) is 16.4. The number of rotatable bonds is 4. The van der Waals surface area contributed by atoms with Crippen molar-refractivity contribution in [1.82, 2.24) is 9.78 Å². The van der Waals surface area contributed by atoms with E-state index >= 15 is 0 Å². The summed E-state index contributed by atoms with van der Waals surface area (Å²) in [6.45, 7) is 0.448. The second-order valence-corrected chi connectivity index (χ2v) is 7.84. The highest BCUT2D eigenvalue weighted by molar-refractivity contribution is 9.10. The molecule has 0 fully saturated rings. The molecule has 0 aliphatic carbocycles. The Morgan fingerprint density at radius 3 is 2.23 bits per heavy atom. The zero-order valence-corrected chi connectivity index (χ0v) is 18.8. The van der Waals surface area contributed by atoms with E-state index in [1.807, 2.05) is 79.8 Å². The number of nitrogens with two attached hydrogens (primary N) is 2. The molecule has 0 amide bonds. The van der Waals surface area contributed by atoms with Gasteiger partial charge >= 0.3 is 0 Å². The van der Waals surface area contributed by atoms with E-state index in [0.29, 0.717) is 17.3 Å². The van der Waals surface area contributed by atoms with Gasteiger partial charge in [-0.3, -0.25) is 4.68 Å². The van der Waals surface area contributed by atoms with Crippen LogP contribution in [0.15, 0.2) is 83.5 Å². The van der Waals surface area contributed by atoms with Gasteiger partial charge in [-0.25, -0.2) is 0 Å². The number of hydrogen-bond acceptors (Lipinski definition) is 4. The summed E-state index contributed by atoms with van der Waals surface area (Å²) in [5.74, 6) is 0.749. The summed E-state index contributed by atoms with van der Waals surface area (Å²) in [5.41, 5.74) is 15.7. The molecule has 0 aliphatic rings. The van der Waals surface area contributed by atoms with E-state index < -0.39 is 0 Å². The van der Waals surface area contributed by atoms with Crippen molar-refractivity contribution in [2.24, 2.45) is 7.05 Å². The molecule has 1 aromatic heterocycles. The van der Waals surface area contributed by atoms with Crippen LogP contribution in [0.3, 0.4) is 0 Å². The summed E-state index contributed by atoms with van der Waals surface area (Å²) in [4.78, 5) is 0. The van der Waals surface area contributed by atoms with Crippen molar-refractivity contribution in [2.75, 3.05) is 11.5 Å². The van der Waals surface area contributed by atoms with E-state index in [-0.39, 0.29) is 0 Å². The minimum Gasteiger partial charge on any atom is -0.488 e. The topological polar surface area (TPSA) is 79.1 Å². The summed E-state index contributed by atoms with van der Waals surface area (Å²) in [5, 5.41) is 4.96. The number of nitrogens with zero attached hydrogens (tertiary/aromatic N) is 2. The molecule has 1 heterocycles. The van der Waals surface area contributed by atoms with Crippen LogP contribution in [-0.4, -0.2) is 9.78 Å². The smallest absolute Gasteiger partial charge is 0.129 e. The van der Waals surface area contributed by atoms with Crippen LogP contribution in [0, 0.1) is 0 Å². The lowest BCUT2D eigenvalue weighted by Crippen LogP contribution is -2.01. The number of para-hydroxylation sites is 1. The lowest BCUT2D eigenvalue weighted by atomic mass is 10.1. The van der Waals surface area contributed by atoms with Gasteiger partial charge in [0.15, 0.2) is 0 Å². The third-order valence-electron chi connectivity index (χ3n) is 4.26. The van der Waals surface area contributed by atoms with Crippen LogP contribution >= 0.6 is 27.5 Å². The fourth-order valence-corrected chi connectivity index (χ4v) is 3.45. The van der Waals surface area contributed by atoms with Gasteiger partial charge in [0.05, 0.1) is 16.4 Å². The molecule has 0 saturated carbocycles. The first-order valence-corrected chi connectivity index (χ1v) is 10.4. The van der Waals surface area contributed by atoms with E-state index in [0.717, 1.165) is 32.7 Å². The van der Waals surface area contributed by atoms with Crippen molar-refractivity contribution < 1.29 is 4.74 Å². The molecule has 0 radical (unpaired) electrons. The molecule has 4 N–H and O–H groups in total. The Labute approximate surface area is 189 Å². The van der Waals surface area contributed by atoms with E-state index in [1.54, 1.807) is 10.9 Å². The van der Waals surface area contributed by atoms with Crippen molar-refractivity contribution in [2.45, 2.75) is 6.61 Å². The maximum absolute atomic E-state index is 5.99. The average Bonchev–Trinajstić information content (AvgIpc) is 3.07. The summed E-state index contributed by atoms with van der Waals surface area (Å²) < 4.78 is 8.67. The molecule has 30 heavy (non-hydrogen) atoms. The van der Waals surface area contributed by atoms with E-state index in [4.69, 9.17) is 27.8 Å². The molecule has 4 rings (SSSR count). The Hall–Kier alpha value is -2.96. The minimum absolute atomic E-state index is 0.448. The Balaban J connectivity index is 0.000000310. The maximum Gasteiger partial charge on any atom is 0.129 e. The van der Waals surface area contributed by atoms with Crippen LogP contribution in [0.2, 0.25) is 5.02 Å². The van der Waals surface area contributed by atoms with Gasteiger partial charge in [0.2, 0.25) is 0 Å². The van der Waals surface area contributed by atoms with Gasteiger partial charge in [0.1, 0.15) is 12.4 Å². The molecule has 0 atom stereocenters. The van der Waals surface area contributed by atoms with Crippen LogP contribution in [0.5, 0.6) is 5.75 Å². The fourth-order valence-electron chi connectivity index (χ4n) is 2.77. The van der Waals surface area contributed by atoms with Gasteiger partial charge in [-0.2, -0.15) is 5.10 Å². The number of hydrogen-bond donors (Lipinski definition) is 2. The maximum atomic E-state index is 5.99. The lowest BCUT2D eigenvalue weighted by Gasteiger charge is -2.13. The molecule has 5 nitrogen and oxygen atoms in total. The molecule has 4 aromatic rings. The predicted molar refractivity (Wildman–Crippen MR) is 127 cm³/mol. The monoisotopic (exact) mass is 484 g/mol. The first kappa shape index (κ1) is 21.7. The van der Waals surface area contributed by atoms with Crippen molar-refractivity contribution >= 4 is 38.9 Å². The number of aromatic nitrogens is 2. The van der Waals surface area contributed by atoms with Crippen LogP contribution < -0.4 is 16.2 Å². The molecule has 0 spiro atoms. The second-order valence-electron chi connectivity index (χ2n) is 6.55. The highest BCUT2D eigenvalue weighted by Crippen LogP contribution is 2.36. The fraction of sp³-hybridized carbons (Fsp3) is 0.0870. The number of aryl methyl sites for hydroxylation is 1. The van der Waals surface area contributed by atoms with Gasteiger partial charge in [-0.05, 0) is 64.0 Å². The van der Waals surface area contributed by atoms with E-state index in [1.165, 1.54) is 0 Å². The van der Waals surface area contributed by atoms with Gasteiger partial charge in [0, 0.05) is 29.0 Å². The third kappa shape index (κ3) is 5.78. The highest BCUT2D eigenvalue weighted by atomic mass is 79.9. The summed E-state index contributed by atoms with van der Waals surface area (Å²) >= 11 is 9.43. The minimum atomic E-state index is 0.448. The van der Waals surface area contributed by atoms with E-state index in [2.05, 4.69) is 21.0 Å². The first-order chi connectivity index (χ1) is 14.4. The Kier molecular flexibility index (Phi) is 7.38. The first-order valence-electron chi connectivity index (χ1n) is 9.19. The van der Waals surface area contributed by atoms with Gasteiger partial charge in [0.25, 0.3) is 0 Å².